The molecule has 1 amide bonds. The Morgan fingerprint density at radius 2 is 1.72 bits per heavy atom. The molecule has 0 saturated heterocycles. The molecule has 1 aromatic carbocycles. The molecule has 2 N–H and O–H groups in total. The van der Waals surface area contributed by atoms with Crippen molar-refractivity contribution in [2.45, 2.75) is 56.9 Å². The molecule has 8 nitrogen and oxygen atoms in total. The number of carbonyl (C=O) groups is 1. The van der Waals surface area contributed by atoms with Crippen LogP contribution in [-0.2, 0) is 28.9 Å². The molecule has 0 aromatic heterocycles. The van der Waals surface area contributed by atoms with Crippen LogP contribution >= 0.6 is 0 Å². The van der Waals surface area contributed by atoms with Gasteiger partial charge in [-0.15, -0.1) is 0 Å². The Bertz CT molecular complexity index is 891. The molecule has 29 heavy (non-hydrogen) atoms. The van der Waals surface area contributed by atoms with Gasteiger partial charge in [-0.25, -0.2) is 8.42 Å². The highest BCUT2D eigenvalue weighted by atomic mass is 32.2. The van der Waals surface area contributed by atoms with Crippen molar-refractivity contribution < 1.29 is 30.9 Å². The minimum Gasteiger partial charge on any atom is -0.380 e. The lowest BCUT2D eigenvalue weighted by Gasteiger charge is -2.29. The van der Waals surface area contributed by atoms with E-state index >= 15 is 0 Å². The predicted molar refractivity (Wildman–Crippen MR) is 111 cm³/mol. The molecule has 0 bridgehead atoms. The van der Waals surface area contributed by atoms with Crippen LogP contribution in [0.3, 0.4) is 0 Å². The summed E-state index contributed by atoms with van der Waals surface area (Å²) in [6.07, 6.45) is 1.08. The molecule has 0 saturated carbocycles. The van der Waals surface area contributed by atoms with Crippen molar-refractivity contribution in [2.75, 3.05) is 18.8 Å². The summed E-state index contributed by atoms with van der Waals surface area (Å²) in [5.41, 5.74) is -0.126. The van der Waals surface area contributed by atoms with E-state index in [1.807, 2.05) is 13.8 Å². The topological polar surface area (TPSA) is 127 Å². The molecule has 0 spiro atoms. The predicted octanol–water partition coefficient (Wildman–Crippen LogP) is 1.80. The number of hydrogen-bond donors (Lipinski definition) is 2. The molecule has 0 heterocycles. The maximum atomic E-state index is 12.7. The van der Waals surface area contributed by atoms with Gasteiger partial charge in [-0.3, -0.25) is 8.98 Å². The summed E-state index contributed by atoms with van der Waals surface area (Å²) in [5, 5.41) is 11.7. The van der Waals surface area contributed by atoms with Crippen molar-refractivity contribution in [3.8, 4) is 0 Å². The molecule has 2 atom stereocenters. The largest absolute Gasteiger partial charge is 0.380 e. The lowest BCUT2D eigenvalue weighted by atomic mass is 9.88. The third-order valence-electron chi connectivity index (χ3n) is 4.70. The first-order valence-corrected chi connectivity index (χ1v) is 12.5. The smallest absolute Gasteiger partial charge is 0.296 e. The molecule has 1 rings (SSSR count). The van der Waals surface area contributed by atoms with E-state index in [0.29, 0.717) is 12.8 Å². The second kappa shape index (κ2) is 10.0. The zero-order valence-corrected chi connectivity index (χ0v) is 19.1. The number of nitrogens with one attached hydrogen (secondary N) is 1. The zero-order valence-electron chi connectivity index (χ0n) is 17.5. The minimum absolute atomic E-state index is 0.0192. The van der Waals surface area contributed by atoms with E-state index < -0.39 is 31.4 Å². The second-order valence-electron chi connectivity index (χ2n) is 7.82. The summed E-state index contributed by atoms with van der Waals surface area (Å²) in [5.74, 6) is -1.94. The van der Waals surface area contributed by atoms with Gasteiger partial charge in [-0.2, -0.15) is 8.42 Å². The van der Waals surface area contributed by atoms with E-state index in [0.717, 1.165) is 12.7 Å². The van der Waals surface area contributed by atoms with Gasteiger partial charge in [0.05, 0.1) is 17.8 Å². The molecular weight excluding hydrogens is 418 g/mol. The van der Waals surface area contributed by atoms with Crippen molar-refractivity contribution in [3.05, 3.63) is 29.8 Å². The van der Waals surface area contributed by atoms with Crippen LogP contribution in [0.2, 0.25) is 0 Å². The summed E-state index contributed by atoms with van der Waals surface area (Å²) in [7, 11) is -6.31. The SMILES string of the molecule is CCC(CC(C)c1ccc(S(=O)(=O)OC)cc1)C(=O)NC(C)(C)CS(=O)(=O)CO. The Labute approximate surface area is 173 Å². The Balaban J connectivity index is 2.85. The van der Waals surface area contributed by atoms with E-state index in [1.165, 1.54) is 12.1 Å². The average Bonchev–Trinajstić information content (AvgIpc) is 2.64. The molecule has 166 valence electrons. The molecule has 2 unspecified atom stereocenters. The third kappa shape index (κ3) is 7.69. The summed E-state index contributed by atoms with van der Waals surface area (Å²) in [4.78, 5) is 12.8. The maximum Gasteiger partial charge on any atom is 0.296 e. The Hall–Kier alpha value is -1.49. The highest BCUT2D eigenvalue weighted by molar-refractivity contribution is 7.91. The third-order valence-corrected chi connectivity index (χ3v) is 7.54. The fraction of sp³-hybridized carbons (Fsp3) is 0.632. The molecule has 0 aliphatic heterocycles. The van der Waals surface area contributed by atoms with E-state index in [2.05, 4.69) is 9.50 Å². The number of aliphatic hydroxyl groups excluding tert-OH is 1. The van der Waals surface area contributed by atoms with E-state index in [9.17, 15) is 21.6 Å². The zero-order chi connectivity index (χ0) is 22.5. The van der Waals surface area contributed by atoms with Crippen LogP contribution in [0.4, 0.5) is 0 Å². The van der Waals surface area contributed by atoms with Crippen molar-refractivity contribution in [1.82, 2.24) is 5.32 Å². The Morgan fingerprint density at radius 1 is 1.17 bits per heavy atom. The Kier molecular flexibility index (Phi) is 8.82. The van der Waals surface area contributed by atoms with Crippen LogP contribution in [0, 0.1) is 5.92 Å². The summed E-state index contributed by atoms with van der Waals surface area (Å²) in [6.45, 7) is 7.02. The van der Waals surface area contributed by atoms with Gasteiger partial charge in [0.25, 0.3) is 10.1 Å². The molecule has 0 radical (unpaired) electrons. The van der Waals surface area contributed by atoms with Gasteiger partial charge in [0.1, 0.15) is 5.94 Å². The molecule has 0 aliphatic rings. The van der Waals surface area contributed by atoms with Gasteiger partial charge in [0, 0.05) is 11.5 Å². The first-order chi connectivity index (χ1) is 13.3. The number of hydrogen-bond acceptors (Lipinski definition) is 7. The first kappa shape index (κ1) is 25.5. The summed E-state index contributed by atoms with van der Waals surface area (Å²) in [6, 6.07) is 6.32. The van der Waals surface area contributed by atoms with E-state index in [1.54, 1.807) is 26.0 Å². The van der Waals surface area contributed by atoms with Crippen molar-refractivity contribution in [2.24, 2.45) is 5.92 Å². The van der Waals surface area contributed by atoms with Crippen LogP contribution < -0.4 is 5.32 Å². The number of benzene rings is 1. The molecule has 10 heteroatoms. The molecule has 1 aromatic rings. The summed E-state index contributed by atoms with van der Waals surface area (Å²) >= 11 is 0. The van der Waals surface area contributed by atoms with E-state index in [-0.39, 0.29) is 28.4 Å². The van der Waals surface area contributed by atoms with Crippen LogP contribution in [0.15, 0.2) is 29.2 Å². The maximum absolute atomic E-state index is 12.7. The lowest BCUT2D eigenvalue weighted by Crippen LogP contribution is -2.50. The number of aliphatic hydroxyl groups is 1. The normalized spacial score (nSPS) is 15.0. The molecule has 0 aliphatic carbocycles. The number of sulfone groups is 1. The van der Waals surface area contributed by atoms with Gasteiger partial charge < -0.3 is 10.4 Å². The van der Waals surface area contributed by atoms with Gasteiger partial charge in [0.2, 0.25) is 5.91 Å². The van der Waals surface area contributed by atoms with Crippen molar-refractivity contribution >= 4 is 25.9 Å². The fourth-order valence-electron chi connectivity index (χ4n) is 3.15. The lowest BCUT2D eigenvalue weighted by molar-refractivity contribution is -0.126. The van der Waals surface area contributed by atoms with Gasteiger partial charge in [0.15, 0.2) is 9.84 Å². The standard InChI is InChI=1S/C19H31NO7S2/c1-6-15(18(22)20-19(3,4)12-28(23,24)13-21)11-14(2)16-7-9-17(10-8-16)29(25,26)27-5/h7-10,14-15,21H,6,11-13H2,1-5H3,(H,20,22). The van der Waals surface area contributed by atoms with Gasteiger partial charge in [-0.1, -0.05) is 26.0 Å². The fourth-order valence-corrected chi connectivity index (χ4v) is 5.07. The Morgan fingerprint density at radius 3 is 2.17 bits per heavy atom. The van der Waals surface area contributed by atoms with Crippen molar-refractivity contribution in [1.29, 1.82) is 0 Å². The van der Waals surface area contributed by atoms with Crippen LogP contribution in [0.1, 0.15) is 52.0 Å². The highest BCUT2D eigenvalue weighted by Crippen LogP contribution is 2.27. The van der Waals surface area contributed by atoms with E-state index in [4.69, 9.17) is 5.11 Å². The number of rotatable bonds is 11. The monoisotopic (exact) mass is 449 g/mol. The minimum atomic E-state index is -3.75. The number of carbonyl (C=O) groups excluding carboxylic acids is 1. The molecule has 0 fully saturated rings. The summed E-state index contributed by atoms with van der Waals surface area (Å²) < 4.78 is 51.2. The van der Waals surface area contributed by atoms with Crippen molar-refractivity contribution in [3.63, 3.8) is 0 Å². The number of amides is 1. The van der Waals surface area contributed by atoms with Gasteiger partial charge >= 0.3 is 0 Å². The first-order valence-electron chi connectivity index (χ1n) is 9.30. The van der Waals surface area contributed by atoms with Crippen LogP contribution in [0.25, 0.3) is 0 Å². The highest BCUT2D eigenvalue weighted by Gasteiger charge is 2.30. The van der Waals surface area contributed by atoms with Gasteiger partial charge in [-0.05, 0) is 50.3 Å². The van der Waals surface area contributed by atoms with Crippen LogP contribution in [-0.4, -0.2) is 52.2 Å². The quantitative estimate of drug-likeness (QED) is 0.493. The van der Waals surface area contributed by atoms with Crippen LogP contribution in [0.5, 0.6) is 0 Å². The second-order valence-corrected chi connectivity index (χ2v) is 11.6. The molecular formula is C19H31NO7S2. The average molecular weight is 450 g/mol.